The van der Waals surface area contributed by atoms with E-state index in [0.717, 1.165) is 23.5 Å². The molecule has 10 heteroatoms. The molecule has 1 aliphatic heterocycles. The Labute approximate surface area is 182 Å². The van der Waals surface area contributed by atoms with Crippen molar-refractivity contribution in [2.45, 2.75) is 39.5 Å². The van der Waals surface area contributed by atoms with Crippen molar-refractivity contribution < 1.29 is 13.2 Å². The fraction of sp³-hybridized carbons (Fsp3) is 0.550. The summed E-state index contributed by atoms with van der Waals surface area (Å²) < 4.78 is 26.8. The normalized spacial score (nSPS) is 15.5. The van der Waals surface area contributed by atoms with E-state index >= 15 is 0 Å². The highest BCUT2D eigenvalue weighted by Crippen LogP contribution is 2.28. The van der Waals surface area contributed by atoms with Gasteiger partial charge in [-0.05, 0) is 37.5 Å². The van der Waals surface area contributed by atoms with E-state index in [-0.39, 0.29) is 0 Å². The zero-order valence-corrected chi connectivity index (χ0v) is 19.3. The van der Waals surface area contributed by atoms with Gasteiger partial charge in [0.05, 0.1) is 0 Å². The van der Waals surface area contributed by atoms with E-state index in [0.29, 0.717) is 37.2 Å². The van der Waals surface area contributed by atoms with Crippen molar-refractivity contribution in [3.63, 3.8) is 0 Å². The van der Waals surface area contributed by atoms with Crippen LogP contribution in [0.4, 0.5) is 10.8 Å². The zero-order valence-electron chi connectivity index (χ0n) is 17.7. The number of rotatable bonds is 8. The number of sulfonamides is 1. The molecular weight excluding hydrogens is 422 g/mol. The van der Waals surface area contributed by atoms with Crippen LogP contribution in [-0.2, 0) is 14.8 Å². The maximum Gasteiger partial charge on any atom is 0.242 e. The molecule has 1 aromatic heterocycles. The van der Waals surface area contributed by atoms with Gasteiger partial charge in [0.1, 0.15) is 10.8 Å². The van der Waals surface area contributed by atoms with E-state index in [1.54, 1.807) is 0 Å². The molecule has 164 valence electrons. The number of amides is 1. The lowest BCUT2D eigenvalue weighted by atomic mass is 10.1. The molecule has 2 heterocycles. The Balaban J connectivity index is 1.54. The number of aromatic nitrogens is 2. The first-order chi connectivity index (χ1) is 14.3. The smallest absolute Gasteiger partial charge is 0.242 e. The highest BCUT2D eigenvalue weighted by atomic mass is 32.2. The molecule has 30 heavy (non-hydrogen) atoms. The highest BCUT2D eigenvalue weighted by Gasteiger charge is 2.29. The number of nitrogens with zero attached hydrogens (tertiary/aromatic N) is 4. The summed E-state index contributed by atoms with van der Waals surface area (Å²) in [5, 5.41) is 11.9. The van der Waals surface area contributed by atoms with Crippen molar-refractivity contribution in [1.82, 2.24) is 14.5 Å². The lowest BCUT2D eigenvalue weighted by Crippen LogP contribution is -2.50. The molecule has 1 amide bonds. The lowest BCUT2D eigenvalue weighted by Gasteiger charge is -2.35. The Morgan fingerprint density at radius 1 is 1.17 bits per heavy atom. The monoisotopic (exact) mass is 451 g/mol. The summed E-state index contributed by atoms with van der Waals surface area (Å²) in [6, 6.07) is 8.16. The van der Waals surface area contributed by atoms with Crippen LogP contribution in [-0.4, -0.2) is 60.8 Å². The van der Waals surface area contributed by atoms with Crippen LogP contribution in [0, 0.1) is 6.92 Å². The Bertz CT molecular complexity index is 964. The number of hydrogen-bond donors (Lipinski definition) is 1. The molecule has 1 saturated heterocycles. The molecule has 0 spiro atoms. The minimum Gasteiger partial charge on any atom is -0.369 e. The molecule has 2 aromatic rings. The van der Waals surface area contributed by atoms with Crippen molar-refractivity contribution in [2.75, 3.05) is 42.1 Å². The molecule has 0 bridgehead atoms. The third kappa shape index (κ3) is 5.55. The Morgan fingerprint density at radius 3 is 2.50 bits per heavy atom. The molecule has 3 rings (SSSR count). The van der Waals surface area contributed by atoms with Gasteiger partial charge in [0, 0.05) is 37.8 Å². The summed E-state index contributed by atoms with van der Waals surface area (Å²) in [7, 11) is -3.68. The Kier molecular flexibility index (Phi) is 7.43. The second-order valence-corrected chi connectivity index (χ2v) is 10.5. The number of nitrogens with one attached hydrogen (secondary N) is 1. The molecular formula is C20H29N5O3S2. The van der Waals surface area contributed by atoms with Crippen molar-refractivity contribution in [2.24, 2.45) is 0 Å². The first-order valence-electron chi connectivity index (χ1n) is 10.2. The van der Waals surface area contributed by atoms with E-state index in [2.05, 4.69) is 40.3 Å². The van der Waals surface area contributed by atoms with Gasteiger partial charge in [-0.15, -0.1) is 10.2 Å². The van der Waals surface area contributed by atoms with E-state index < -0.39 is 21.7 Å². The number of hydrogen-bond acceptors (Lipinski definition) is 7. The molecule has 8 nitrogen and oxygen atoms in total. The van der Waals surface area contributed by atoms with Gasteiger partial charge in [0.2, 0.25) is 21.1 Å². The number of aryl methyl sites for hydroxylation is 1. The van der Waals surface area contributed by atoms with E-state index in [1.807, 2.05) is 25.1 Å². The van der Waals surface area contributed by atoms with Gasteiger partial charge in [-0.1, -0.05) is 37.3 Å². The van der Waals surface area contributed by atoms with Crippen LogP contribution in [0.1, 0.15) is 43.2 Å². The van der Waals surface area contributed by atoms with E-state index in [4.69, 9.17) is 0 Å². The van der Waals surface area contributed by atoms with Crippen LogP contribution in [0.5, 0.6) is 0 Å². The summed E-state index contributed by atoms with van der Waals surface area (Å²) in [5.74, 6) is -0.859. The fourth-order valence-corrected chi connectivity index (χ4v) is 5.88. The first-order valence-corrected chi connectivity index (χ1v) is 12.7. The van der Waals surface area contributed by atoms with Crippen molar-refractivity contribution in [3.05, 3.63) is 34.8 Å². The second-order valence-electron chi connectivity index (χ2n) is 7.49. The number of carbonyl (C=O) groups is 1. The summed E-state index contributed by atoms with van der Waals surface area (Å²) in [5.41, 5.74) is 2.26. The molecule has 1 aromatic carbocycles. The molecule has 0 radical (unpaired) electrons. The third-order valence-corrected chi connectivity index (χ3v) is 8.11. The summed E-state index contributed by atoms with van der Waals surface area (Å²) in [4.78, 5) is 14.5. The van der Waals surface area contributed by atoms with Crippen molar-refractivity contribution >= 4 is 38.1 Å². The number of anilines is 2. The predicted molar refractivity (Wildman–Crippen MR) is 121 cm³/mol. The van der Waals surface area contributed by atoms with Crippen LogP contribution < -0.4 is 10.2 Å². The maximum absolute atomic E-state index is 12.7. The minimum atomic E-state index is -3.68. The third-order valence-electron chi connectivity index (χ3n) is 5.33. The zero-order chi connectivity index (χ0) is 21.7. The minimum absolute atomic E-state index is 0.307. The van der Waals surface area contributed by atoms with Gasteiger partial charge < -0.3 is 4.90 Å². The van der Waals surface area contributed by atoms with Gasteiger partial charge in [-0.3, -0.25) is 10.1 Å². The summed E-state index contributed by atoms with van der Waals surface area (Å²) in [6.45, 7) is 8.12. The van der Waals surface area contributed by atoms with Gasteiger partial charge in [-0.25, -0.2) is 8.42 Å². The molecule has 1 N–H and O–H groups in total. The molecule has 0 saturated carbocycles. The predicted octanol–water partition coefficient (Wildman–Crippen LogP) is 2.84. The Morgan fingerprint density at radius 2 is 1.87 bits per heavy atom. The van der Waals surface area contributed by atoms with Crippen LogP contribution in [0.3, 0.4) is 0 Å². The van der Waals surface area contributed by atoms with E-state index in [1.165, 1.54) is 21.2 Å². The van der Waals surface area contributed by atoms with Crippen LogP contribution in [0.15, 0.2) is 24.3 Å². The van der Waals surface area contributed by atoms with Crippen molar-refractivity contribution in [3.8, 4) is 0 Å². The lowest BCUT2D eigenvalue weighted by molar-refractivity contribution is -0.113. The van der Waals surface area contributed by atoms with Gasteiger partial charge in [0.25, 0.3) is 0 Å². The van der Waals surface area contributed by atoms with E-state index in [9.17, 15) is 13.2 Å². The average Bonchev–Trinajstić information content (AvgIpc) is 3.16. The van der Waals surface area contributed by atoms with Crippen LogP contribution >= 0.6 is 11.3 Å². The fourth-order valence-electron chi connectivity index (χ4n) is 3.55. The maximum atomic E-state index is 12.7. The average molecular weight is 452 g/mol. The standard InChI is InChI=1S/C20H29N5O3S2/c1-4-16(5-2)19-22-23-20(29-19)21-18(26)14-30(27,28)25-11-9-24(10-12-25)17-8-6-7-15(3)13-17/h6-8,13,16H,4-5,9-12,14H2,1-3H3,(H,21,23,26). The largest absolute Gasteiger partial charge is 0.369 e. The molecule has 0 unspecified atom stereocenters. The SMILES string of the molecule is CCC(CC)c1nnc(NC(=O)CS(=O)(=O)N2CCN(c3cccc(C)c3)CC2)s1. The number of piperazine rings is 1. The molecule has 0 atom stereocenters. The molecule has 1 aliphatic rings. The first kappa shape index (κ1) is 22.6. The quantitative estimate of drug-likeness (QED) is 0.663. The number of carbonyl (C=O) groups excluding carboxylic acids is 1. The Hall–Kier alpha value is -2.04. The van der Waals surface area contributed by atoms with Gasteiger partial charge in [-0.2, -0.15) is 4.31 Å². The summed E-state index contributed by atoms with van der Waals surface area (Å²) in [6.07, 6.45) is 1.89. The van der Waals surface area contributed by atoms with Gasteiger partial charge in [0.15, 0.2) is 0 Å². The van der Waals surface area contributed by atoms with Crippen LogP contribution in [0.2, 0.25) is 0 Å². The second kappa shape index (κ2) is 9.84. The molecule has 1 fully saturated rings. The highest BCUT2D eigenvalue weighted by molar-refractivity contribution is 7.89. The molecule has 0 aliphatic carbocycles. The summed E-state index contributed by atoms with van der Waals surface area (Å²) >= 11 is 1.31. The number of benzene rings is 1. The van der Waals surface area contributed by atoms with Crippen LogP contribution in [0.25, 0.3) is 0 Å². The topological polar surface area (TPSA) is 95.5 Å². The van der Waals surface area contributed by atoms with Crippen molar-refractivity contribution in [1.29, 1.82) is 0 Å². The van der Waals surface area contributed by atoms with Gasteiger partial charge >= 0.3 is 0 Å².